The van der Waals surface area contributed by atoms with Crippen molar-refractivity contribution in [1.29, 1.82) is 0 Å². The quantitative estimate of drug-likeness (QED) is 0.0230. The van der Waals surface area contributed by atoms with Crippen LogP contribution in [-0.2, 0) is 29.1 Å². The molecule has 0 amide bonds. The molecule has 0 aliphatic carbocycles. The molecule has 3 heterocycles. The van der Waals surface area contributed by atoms with Crippen molar-refractivity contribution in [2.45, 2.75) is 24.8 Å². The molecule has 3 aromatic heterocycles. The van der Waals surface area contributed by atoms with Crippen LogP contribution in [0.3, 0.4) is 0 Å². The van der Waals surface area contributed by atoms with E-state index in [1.165, 1.54) is 31.6 Å². The van der Waals surface area contributed by atoms with E-state index in [-0.39, 0.29) is 66.6 Å². The first-order valence-corrected chi connectivity index (χ1v) is 16.2. The number of para-hydroxylation sites is 2. The molecule has 4 aromatic rings. The lowest BCUT2D eigenvalue weighted by atomic mass is 10.2. The van der Waals surface area contributed by atoms with Crippen LogP contribution in [-0.4, -0.2) is 93.5 Å². The molecular weight excluding hydrogens is 692 g/mol. The van der Waals surface area contributed by atoms with E-state index in [1.807, 2.05) is 0 Å². The summed E-state index contributed by atoms with van der Waals surface area (Å²) >= 11 is 0. The Hall–Kier alpha value is -6.00. The van der Waals surface area contributed by atoms with Gasteiger partial charge in [0.25, 0.3) is 0 Å². The zero-order valence-electron chi connectivity index (χ0n) is 27.3. The molecule has 20 nitrogen and oxygen atoms in total. The van der Waals surface area contributed by atoms with Crippen LogP contribution in [0, 0.1) is 6.92 Å². The number of nitrogens with two attached hydrogens (primary N) is 1. The van der Waals surface area contributed by atoms with Crippen LogP contribution < -0.4 is 20.5 Å². The molecule has 0 bridgehead atoms. The van der Waals surface area contributed by atoms with Gasteiger partial charge in [0.1, 0.15) is 18.9 Å². The largest absolute Gasteiger partial charge is 0.493 e. The molecule has 6 N–H and O–H groups in total. The summed E-state index contributed by atoms with van der Waals surface area (Å²) < 4.78 is 53.0. The second-order valence-electron chi connectivity index (χ2n) is 10.1. The van der Waals surface area contributed by atoms with Crippen LogP contribution in [0.15, 0.2) is 88.6 Å². The molecule has 4 rings (SSSR count). The minimum atomic E-state index is -4.47. The number of nitrogens with zero attached hydrogens (tertiary/aromatic N) is 7. The molecule has 1 aromatic carbocycles. The summed E-state index contributed by atoms with van der Waals surface area (Å²) in [6.45, 7) is 5.06. The Labute approximate surface area is 291 Å². The molecule has 0 unspecified atom stereocenters. The van der Waals surface area contributed by atoms with Gasteiger partial charge in [-0.3, -0.25) is 25.0 Å². The number of rotatable bonds is 19. The van der Waals surface area contributed by atoms with Crippen LogP contribution in [0.1, 0.15) is 24.0 Å². The van der Waals surface area contributed by atoms with Crippen molar-refractivity contribution < 1.29 is 47.4 Å². The summed E-state index contributed by atoms with van der Waals surface area (Å²) in [5, 5.41) is 33.1. The number of sulfonamides is 1. The van der Waals surface area contributed by atoms with Gasteiger partial charge in [-0.15, -0.1) is 14.6 Å². The summed E-state index contributed by atoms with van der Waals surface area (Å²) in [5.74, 6) is -1.42. The van der Waals surface area contributed by atoms with E-state index in [1.54, 1.807) is 43.3 Å². The average molecular weight is 727 g/mol. The molecule has 0 aliphatic heterocycles. The molecular formula is C30H34N10O10S. The highest BCUT2D eigenvalue weighted by Gasteiger charge is 2.24. The molecule has 21 heteroatoms. The monoisotopic (exact) mass is 726 g/mol. The maximum atomic E-state index is 13.3. The van der Waals surface area contributed by atoms with Crippen molar-refractivity contribution in [1.82, 2.24) is 41.3 Å². The summed E-state index contributed by atoms with van der Waals surface area (Å²) in [5.41, 5.74) is 8.08. The SMILES string of the molecule is C=C(NC(OCCOC(=O)CCCON(O)O)=C(Oc1ccccc1OC)C(N)=NS(=O)(=O)c1ccc(C)cn1)c1ccnc(-c2nn[nH]n2)c1. The van der Waals surface area contributed by atoms with E-state index in [0.717, 1.165) is 5.56 Å². The van der Waals surface area contributed by atoms with E-state index < -0.39 is 33.0 Å². The van der Waals surface area contributed by atoms with Crippen molar-refractivity contribution >= 4 is 27.5 Å². The van der Waals surface area contributed by atoms with Crippen LogP contribution in [0.25, 0.3) is 17.2 Å². The molecule has 0 spiro atoms. The number of nitrogens with one attached hydrogen (secondary N) is 2. The van der Waals surface area contributed by atoms with E-state index >= 15 is 0 Å². The van der Waals surface area contributed by atoms with E-state index in [9.17, 15) is 13.2 Å². The van der Waals surface area contributed by atoms with Gasteiger partial charge in [-0.25, -0.2) is 4.98 Å². The number of aryl methyl sites for hydroxylation is 1. The number of esters is 1. The number of H-pyrrole nitrogens is 1. The number of pyridine rings is 2. The predicted octanol–water partition coefficient (Wildman–Crippen LogP) is 1.88. The number of aromatic nitrogens is 6. The van der Waals surface area contributed by atoms with Gasteiger partial charge in [-0.1, -0.05) is 24.8 Å². The number of ether oxygens (including phenoxy) is 4. The Kier molecular flexibility index (Phi) is 13.4. The summed E-state index contributed by atoms with van der Waals surface area (Å²) in [6, 6.07) is 12.5. The van der Waals surface area contributed by atoms with Gasteiger partial charge in [0.05, 0.1) is 19.1 Å². The van der Waals surface area contributed by atoms with E-state index in [2.05, 4.69) is 51.7 Å². The van der Waals surface area contributed by atoms with Gasteiger partial charge in [-0.2, -0.15) is 13.6 Å². The van der Waals surface area contributed by atoms with Crippen molar-refractivity contribution in [3.8, 4) is 23.0 Å². The molecule has 0 fully saturated rings. The molecule has 0 aliphatic rings. The molecule has 0 saturated heterocycles. The second kappa shape index (κ2) is 18.1. The fourth-order valence-corrected chi connectivity index (χ4v) is 4.83. The van der Waals surface area contributed by atoms with Gasteiger partial charge in [-0.05, 0) is 54.5 Å². The first kappa shape index (κ1) is 37.8. The molecule has 0 radical (unpaired) electrons. The number of tetrazole rings is 1. The number of amidine groups is 1. The number of methoxy groups -OCH3 is 1. The lowest BCUT2D eigenvalue weighted by Gasteiger charge is -2.20. The Bertz CT molecular complexity index is 1950. The number of carbonyl (C=O) groups excluding carboxylic acids is 1. The Morgan fingerprint density at radius 3 is 2.53 bits per heavy atom. The maximum Gasteiger partial charge on any atom is 0.305 e. The number of hydrogen-bond donors (Lipinski definition) is 5. The number of aromatic amines is 1. The number of benzene rings is 1. The first-order chi connectivity index (χ1) is 24.5. The summed E-state index contributed by atoms with van der Waals surface area (Å²) in [6.07, 6.45) is 2.85. The first-order valence-electron chi connectivity index (χ1n) is 14.8. The van der Waals surface area contributed by atoms with Crippen LogP contribution in [0.4, 0.5) is 0 Å². The minimum absolute atomic E-state index is 0.105. The van der Waals surface area contributed by atoms with Gasteiger partial charge < -0.3 is 30.0 Å². The zero-order valence-corrected chi connectivity index (χ0v) is 28.1. The topological polar surface area (TPSA) is 272 Å². The van der Waals surface area contributed by atoms with Gasteiger partial charge in [0.15, 0.2) is 22.4 Å². The Morgan fingerprint density at radius 2 is 1.84 bits per heavy atom. The third kappa shape index (κ3) is 11.3. The molecule has 270 valence electrons. The normalized spacial score (nSPS) is 12.2. The second-order valence-corrected chi connectivity index (χ2v) is 11.6. The van der Waals surface area contributed by atoms with E-state index in [4.69, 9.17) is 35.1 Å². The smallest absolute Gasteiger partial charge is 0.305 e. The van der Waals surface area contributed by atoms with Gasteiger partial charge in [0.2, 0.25) is 17.5 Å². The fraction of sp³-hybridized carbons (Fsp3) is 0.233. The highest BCUT2D eigenvalue weighted by molar-refractivity contribution is 7.90. The minimum Gasteiger partial charge on any atom is -0.493 e. The highest BCUT2D eigenvalue weighted by atomic mass is 32.2. The van der Waals surface area contributed by atoms with Gasteiger partial charge in [0, 0.05) is 30.1 Å². The van der Waals surface area contributed by atoms with Crippen molar-refractivity contribution in [2.75, 3.05) is 26.9 Å². The van der Waals surface area contributed by atoms with Crippen LogP contribution >= 0.6 is 0 Å². The summed E-state index contributed by atoms with van der Waals surface area (Å²) in [4.78, 5) is 24.8. The van der Waals surface area contributed by atoms with Crippen LogP contribution in [0.5, 0.6) is 11.5 Å². The Morgan fingerprint density at radius 1 is 1.08 bits per heavy atom. The third-order valence-electron chi connectivity index (χ3n) is 6.36. The van der Waals surface area contributed by atoms with E-state index in [0.29, 0.717) is 11.3 Å². The molecule has 0 saturated carbocycles. The average Bonchev–Trinajstić information content (AvgIpc) is 3.66. The number of hydrogen-bond acceptors (Lipinski definition) is 17. The zero-order chi connectivity index (χ0) is 36.8. The van der Waals surface area contributed by atoms with Gasteiger partial charge >= 0.3 is 16.0 Å². The van der Waals surface area contributed by atoms with Crippen LogP contribution in [0.2, 0.25) is 0 Å². The molecule has 0 atom stereocenters. The standard InChI is InChI=1S/C30H34N10O10S/c1-19-10-11-25(33-18-19)51(44,45)37-28(31)27(50-24-8-5-4-7-23(24)46-3)30(48-16-15-47-26(41)9-6-14-49-40(42)43)34-20(2)21-12-13-32-22(17-21)29-35-38-39-36-29/h4-5,7-8,10-13,17-18,34,42-43H,2,6,9,14-16H2,1,3H3,(H2,31,37)(H,35,36,38,39). The lowest BCUT2D eigenvalue weighted by molar-refractivity contribution is -0.492. The maximum absolute atomic E-state index is 13.3. The van der Waals surface area contributed by atoms with Crippen molar-refractivity contribution in [3.05, 3.63) is 90.3 Å². The fourth-order valence-electron chi connectivity index (χ4n) is 3.97. The molecule has 51 heavy (non-hydrogen) atoms. The Balaban J connectivity index is 1.71. The highest BCUT2D eigenvalue weighted by Crippen LogP contribution is 2.29. The summed E-state index contributed by atoms with van der Waals surface area (Å²) in [7, 11) is -3.07. The third-order valence-corrected chi connectivity index (χ3v) is 7.57. The van der Waals surface area contributed by atoms with Crippen molar-refractivity contribution in [3.63, 3.8) is 0 Å². The lowest BCUT2D eigenvalue weighted by Crippen LogP contribution is -2.29. The number of carbonyl (C=O) groups is 1. The predicted molar refractivity (Wildman–Crippen MR) is 176 cm³/mol. The van der Waals surface area contributed by atoms with Crippen molar-refractivity contribution in [2.24, 2.45) is 10.1 Å².